The Kier molecular flexibility index (Phi) is 6.87. The number of amides is 1. The quantitative estimate of drug-likeness (QED) is 0.279. The number of ether oxygens (including phenoxy) is 1. The largest absolute Gasteiger partial charge is 0.358 e. The summed E-state index contributed by atoms with van der Waals surface area (Å²) in [6.45, 7) is 0. The maximum atomic E-state index is 14.0. The van der Waals surface area contributed by atoms with E-state index in [4.69, 9.17) is 27.9 Å². The molecule has 0 N–H and O–H groups in total. The van der Waals surface area contributed by atoms with E-state index in [1.54, 1.807) is 17.0 Å². The van der Waals surface area contributed by atoms with Crippen molar-refractivity contribution < 1.29 is 13.9 Å². The van der Waals surface area contributed by atoms with Crippen molar-refractivity contribution in [2.45, 2.75) is 24.7 Å². The zero-order chi connectivity index (χ0) is 24.4. The van der Waals surface area contributed by atoms with E-state index in [2.05, 4.69) is 0 Å². The van der Waals surface area contributed by atoms with Crippen LogP contribution in [0.25, 0.3) is 0 Å². The third-order valence-electron chi connectivity index (χ3n) is 6.17. The number of hydrogen-bond donors (Lipinski definition) is 0. The van der Waals surface area contributed by atoms with Gasteiger partial charge in [-0.25, -0.2) is 4.39 Å². The molecule has 4 aromatic carbocycles. The van der Waals surface area contributed by atoms with Gasteiger partial charge in [0.1, 0.15) is 18.0 Å². The maximum Gasteiger partial charge on any atom is 0.257 e. The molecule has 1 fully saturated rings. The molecule has 1 aliphatic rings. The Morgan fingerprint density at radius 1 is 0.743 bits per heavy atom. The molecular formula is C29H22Cl2FNO2. The SMILES string of the molecule is O=C1[C@@H](Cc2ccc(F)cc2)O[C@@H](c2ccc(Cl)cc2)[C@@H](c2ccc(Cl)cc2)N1c1ccccc1. The third-order valence-corrected chi connectivity index (χ3v) is 6.67. The second kappa shape index (κ2) is 10.2. The van der Waals surface area contributed by atoms with Crippen LogP contribution in [-0.4, -0.2) is 12.0 Å². The molecule has 0 saturated carbocycles. The summed E-state index contributed by atoms with van der Waals surface area (Å²) < 4.78 is 20.0. The van der Waals surface area contributed by atoms with Gasteiger partial charge in [0.2, 0.25) is 0 Å². The van der Waals surface area contributed by atoms with E-state index in [1.165, 1.54) is 12.1 Å². The molecule has 0 aliphatic carbocycles. The lowest BCUT2D eigenvalue weighted by atomic mass is 9.90. The van der Waals surface area contributed by atoms with Crippen LogP contribution < -0.4 is 4.90 Å². The molecule has 1 saturated heterocycles. The lowest BCUT2D eigenvalue weighted by Crippen LogP contribution is -2.51. The highest BCUT2D eigenvalue weighted by Crippen LogP contribution is 2.45. The average molecular weight is 506 g/mol. The number of benzene rings is 4. The minimum Gasteiger partial charge on any atom is -0.358 e. The third kappa shape index (κ3) is 5.10. The second-order valence-electron chi connectivity index (χ2n) is 8.47. The van der Waals surface area contributed by atoms with Crippen LogP contribution in [0.3, 0.4) is 0 Å². The van der Waals surface area contributed by atoms with Crippen LogP contribution >= 0.6 is 23.2 Å². The molecule has 0 unspecified atom stereocenters. The zero-order valence-corrected chi connectivity index (χ0v) is 20.2. The van der Waals surface area contributed by atoms with Crippen molar-refractivity contribution in [3.05, 3.63) is 136 Å². The van der Waals surface area contributed by atoms with Gasteiger partial charge in [0.05, 0.1) is 6.04 Å². The Bertz CT molecular complexity index is 1300. The molecule has 1 heterocycles. The molecule has 0 radical (unpaired) electrons. The second-order valence-corrected chi connectivity index (χ2v) is 9.34. The number of halogens is 3. The standard InChI is InChI=1S/C29H22Cl2FNO2/c30-22-12-8-20(9-13-22)27-28(21-10-14-23(31)15-11-21)35-26(18-19-6-16-24(32)17-7-19)29(34)33(27)25-4-2-1-3-5-25/h1-17,26-28H,18H2/t26-,27-,28+/m1/s1. The van der Waals surface area contributed by atoms with Crippen LogP contribution in [0.2, 0.25) is 10.0 Å². The van der Waals surface area contributed by atoms with E-state index < -0.39 is 18.2 Å². The summed E-state index contributed by atoms with van der Waals surface area (Å²) in [5, 5.41) is 1.23. The Morgan fingerprint density at radius 2 is 1.31 bits per heavy atom. The molecule has 1 amide bonds. The van der Waals surface area contributed by atoms with Crippen molar-refractivity contribution in [2.75, 3.05) is 4.90 Å². The Balaban J connectivity index is 1.63. The number of para-hydroxylation sites is 1. The summed E-state index contributed by atoms with van der Waals surface area (Å²) in [5.74, 6) is -0.483. The van der Waals surface area contributed by atoms with Gasteiger partial charge < -0.3 is 4.74 Å². The Morgan fingerprint density at radius 3 is 1.91 bits per heavy atom. The van der Waals surface area contributed by atoms with Crippen LogP contribution in [0.15, 0.2) is 103 Å². The molecule has 35 heavy (non-hydrogen) atoms. The molecule has 1 aliphatic heterocycles. The number of nitrogens with zero attached hydrogens (tertiary/aromatic N) is 1. The minimum atomic E-state index is -0.759. The monoisotopic (exact) mass is 505 g/mol. The lowest BCUT2D eigenvalue weighted by molar-refractivity contribution is -0.144. The molecular weight excluding hydrogens is 484 g/mol. The van der Waals surface area contributed by atoms with Gasteiger partial charge in [0.25, 0.3) is 5.91 Å². The summed E-state index contributed by atoms with van der Waals surface area (Å²) >= 11 is 12.3. The Labute approximate surface area is 213 Å². The highest BCUT2D eigenvalue weighted by Gasteiger charge is 2.44. The number of carbonyl (C=O) groups is 1. The first-order chi connectivity index (χ1) is 17.0. The number of carbonyl (C=O) groups excluding carboxylic acids is 1. The number of morpholine rings is 1. The highest BCUT2D eigenvalue weighted by atomic mass is 35.5. The van der Waals surface area contributed by atoms with Gasteiger partial charge in [-0.2, -0.15) is 0 Å². The zero-order valence-electron chi connectivity index (χ0n) is 18.7. The molecule has 0 bridgehead atoms. The summed E-state index contributed by atoms with van der Waals surface area (Å²) in [6.07, 6.45) is -0.915. The summed E-state index contributed by atoms with van der Waals surface area (Å²) in [7, 11) is 0. The highest BCUT2D eigenvalue weighted by molar-refractivity contribution is 6.30. The van der Waals surface area contributed by atoms with Crippen molar-refractivity contribution >= 4 is 34.8 Å². The van der Waals surface area contributed by atoms with Crippen molar-refractivity contribution in [3.8, 4) is 0 Å². The van der Waals surface area contributed by atoms with Crippen LogP contribution in [0, 0.1) is 5.82 Å². The van der Waals surface area contributed by atoms with E-state index in [9.17, 15) is 9.18 Å². The fourth-order valence-electron chi connectivity index (χ4n) is 4.48. The molecule has 4 aromatic rings. The average Bonchev–Trinajstić information content (AvgIpc) is 2.88. The fraction of sp³-hybridized carbons (Fsp3) is 0.138. The Hall–Kier alpha value is -3.18. The molecule has 176 valence electrons. The molecule has 3 nitrogen and oxygen atoms in total. The number of rotatable bonds is 5. The molecule has 0 spiro atoms. The molecule has 5 rings (SSSR count). The first-order valence-electron chi connectivity index (χ1n) is 11.3. The van der Waals surface area contributed by atoms with Crippen LogP contribution in [0.5, 0.6) is 0 Å². The topological polar surface area (TPSA) is 29.5 Å². The normalized spacial score (nSPS) is 20.1. The maximum absolute atomic E-state index is 14.0. The van der Waals surface area contributed by atoms with Crippen molar-refractivity contribution in [1.29, 1.82) is 0 Å². The van der Waals surface area contributed by atoms with Gasteiger partial charge in [0, 0.05) is 22.2 Å². The summed E-state index contributed by atoms with van der Waals surface area (Å²) in [5.41, 5.74) is 3.38. The number of hydrogen-bond acceptors (Lipinski definition) is 2. The van der Waals surface area contributed by atoms with Crippen molar-refractivity contribution in [1.82, 2.24) is 0 Å². The molecule has 3 atom stereocenters. The summed E-state index contributed by atoms with van der Waals surface area (Å²) in [6, 6.07) is 30.2. The van der Waals surface area contributed by atoms with Crippen molar-refractivity contribution in [2.24, 2.45) is 0 Å². The fourth-order valence-corrected chi connectivity index (χ4v) is 4.73. The first kappa shape index (κ1) is 23.6. The van der Waals surface area contributed by atoms with Crippen LogP contribution in [0.4, 0.5) is 10.1 Å². The van der Waals surface area contributed by atoms with E-state index in [-0.39, 0.29) is 11.7 Å². The van der Waals surface area contributed by atoms with Gasteiger partial charge in [0.15, 0.2) is 0 Å². The van der Waals surface area contributed by atoms with Crippen molar-refractivity contribution in [3.63, 3.8) is 0 Å². The predicted octanol–water partition coefficient (Wildman–Crippen LogP) is 7.59. The summed E-state index contributed by atoms with van der Waals surface area (Å²) in [4.78, 5) is 15.8. The lowest BCUT2D eigenvalue weighted by Gasteiger charge is -2.45. The van der Waals surface area contributed by atoms with Gasteiger partial charge >= 0.3 is 0 Å². The molecule has 6 heteroatoms. The smallest absolute Gasteiger partial charge is 0.257 e. The van der Waals surface area contributed by atoms with E-state index >= 15 is 0 Å². The van der Waals surface area contributed by atoms with E-state index in [0.717, 1.165) is 22.4 Å². The predicted molar refractivity (Wildman–Crippen MR) is 137 cm³/mol. The first-order valence-corrected chi connectivity index (χ1v) is 12.0. The van der Waals surface area contributed by atoms with E-state index in [1.807, 2.05) is 78.9 Å². The van der Waals surface area contributed by atoms with Gasteiger partial charge in [-0.1, -0.05) is 77.8 Å². The molecule has 0 aromatic heterocycles. The van der Waals surface area contributed by atoms with Gasteiger partial charge in [-0.05, 0) is 65.2 Å². The minimum absolute atomic E-state index is 0.161. The number of anilines is 1. The van der Waals surface area contributed by atoms with Crippen LogP contribution in [0.1, 0.15) is 28.8 Å². The van der Waals surface area contributed by atoms with E-state index in [0.29, 0.717) is 16.5 Å². The van der Waals surface area contributed by atoms with Crippen LogP contribution in [-0.2, 0) is 16.0 Å². The van der Waals surface area contributed by atoms with Gasteiger partial charge in [-0.15, -0.1) is 0 Å². The van der Waals surface area contributed by atoms with Gasteiger partial charge in [-0.3, -0.25) is 9.69 Å².